The number of nitrogens with two attached hydrogens (primary N) is 1. The highest BCUT2D eigenvalue weighted by atomic mass is 15.1. The predicted molar refractivity (Wildman–Crippen MR) is 71.8 cm³/mol. The maximum atomic E-state index is 5.89. The van der Waals surface area contributed by atoms with Crippen LogP contribution in [0.4, 0.5) is 0 Å². The van der Waals surface area contributed by atoms with Crippen LogP contribution in [0.2, 0.25) is 0 Å². The van der Waals surface area contributed by atoms with E-state index in [-0.39, 0.29) is 0 Å². The molecule has 0 radical (unpaired) electrons. The van der Waals surface area contributed by atoms with E-state index in [0.717, 1.165) is 0 Å². The molecule has 1 aliphatic rings. The van der Waals surface area contributed by atoms with Crippen LogP contribution in [0.15, 0.2) is 35.3 Å². The fourth-order valence-corrected chi connectivity index (χ4v) is 2.26. The minimum Gasteiger partial charge on any atom is -0.370 e. The third kappa shape index (κ3) is 4.10. The highest BCUT2D eigenvalue weighted by molar-refractivity contribution is 5.78. The van der Waals surface area contributed by atoms with Gasteiger partial charge in [-0.15, -0.1) is 0 Å². The van der Waals surface area contributed by atoms with E-state index in [9.17, 15) is 0 Å². The summed E-state index contributed by atoms with van der Waals surface area (Å²) < 4.78 is 0. The second kappa shape index (κ2) is 6.28. The van der Waals surface area contributed by atoms with Crippen LogP contribution in [0, 0.1) is 0 Å². The third-order valence-corrected chi connectivity index (χ3v) is 3.23. The van der Waals surface area contributed by atoms with Gasteiger partial charge in [0.25, 0.3) is 0 Å². The Labute approximate surface area is 103 Å². The molecule has 0 aliphatic heterocycles. The van der Waals surface area contributed by atoms with Gasteiger partial charge in [-0.05, 0) is 18.4 Å². The van der Waals surface area contributed by atoms with Gasteiger partial charge in [0, 0.05) is 6.04 Å². The maximum absolute atomic E-state index is 5.89. The zero-order chi connectivity index (χ0) is 11.9. The van der Waals surface area contributed by atoms with Gasteiger partial charge in [-0.1, -0.05) is 49.6 Å². The number of guanidine groups is 1. The normalized spacial score (nSPS) is 18.0. The summed E-state index contributed by atoms with van der Waals surface area (Å²) >= 11 is 0. The molecule has 17 heavy (non-hydrogen) atoms. The zero-order valence-corrected chi connectivity index (χ0v) is 10.2. The van der Waals surface area contributed by atoms with E-state index in [0.29, 0.717) is 18.5 Å². The first-order valence-corrected chi connectivity index (χ1v) is 6.45. The smallest absolute Gasteiger partial charge is 0.189 e. The first-order valence-electron chi connectivity index (χ1n) is 6.45. The van der Waals surface area contributed by atoms with Gasteiger partial charge in [-0.3, -0.25) is 0 Å². The highest BCUT2D eigenvalue weighted by Gasteiger charge is 2.12. The van der Waals surface area contributed by atoms with E-state index in [1.54, 1.807) is 0 Å². The summed E-state index contributed by atoms with van der Waals surface area (Å²) in [7, 11) is 0. The van der Waals surface area contributed by atoms with Crippen molar-refractivity contribution in [1.82, 2.24) is 5.32 Å². The van der Waals surface area contributed by atoms with Crippen LogP contribution >= 0.6 is 0 Å². The molecule has 0 heterocycles. The Kier molecular flexibility index (Phi) is 4.42. The van der Waals surface area contributed by atoms with Crippen LogP contribution in [0.25, 0.3) is 0 Å². The summed E-state index contributed by atoms with van der Waals surface area (Å²) in [6.45, 7) is 0.659. The first-order chi connectivity index (χ1) is 8.34. The lowest BCUT2D eigenvalue weighted by Gasteiger charge is -2.23. The summed E-state index contributed by atoms with van der Waals surface area (Å²) in [5.41, 5.74) is 7.09. The zero-order valence-electron chi connectivity index (χ0n) is 10.2. The molecule has 1 saturated carbocycles. The van der Waals surface area contributed by atoms with Crippen LogP contribution < -0.4 is 11.1 Å². The molecular weight excluding hydrogens is 210 g/mol. The number of rotatable bonds is 3. The number of aliphatic imine (C=N–C) groups is 1. The van der Waals surface area contributed by atoms with Crippen molar-refractivity contribution in [3.63, 3.8) is 0 Å². The van der Waals surface area contributed by atoms with Gasteiger partial charge in [0.2, 0.25) is 0 Å². The van der Waals surface area contributed by atoms with Crippen molar-refractivity contribution in [2.45, 2.75) is 44.7 Å². The quantitative estimate of drug-likeness (QED) is 0.620. The van der Waals surface area contributed by atoms with E-state index < -0.39 is 0 Å². The molecule has 0 saturated heterocycles. The Hall–Kier alpha value is -1.51. The minimum absolute atomic E-state index is 0.531. The van der Waals surface area contributed by atoms with E-state index in [2.05, 4.69) is 22.4 Å². The van der Waals surface area contributed by atoms with Gasteiger partial charge in [0.05, 0.1) is 6.54 Å². The average molecular weight is 231 g/mol. The van der Waals surface area contributed by atoms with Crippen LogP contribution in [0.5, 0.6) is 0 Å². The number of benzene rings is 1. The van der Waals surface area contributed by atoms with E-state index >= 15 is 0 Å². The fourth-order valence-electron chi connectivity index (χ4n) is 2.26. The second-order valence-corrected chi connectivity index (χ2v) is 4.67. The van der Waals surface area contributed by atoms with Gasteiger partial charge < -0.3 is 11.1 Å². The molecule has 1 aromatic carbocycles. The number of hydrogen-bond donors (Lipinski definition) is 2. The molecule has 0 amide bonds. The molecule has 92 valence electrons. The lowest BCUT2D eigenvalue weighted by atomic mass is 9.96. The monoisotopic (exact) mass is 231 g/mol. The van der Waals surface area contributed by atoms with Crippen molar-refractivity contribution in [3.05, 3.63) is 35.9 Å². The lowest BCUT2D eigenvalue weighted by Crippen LogP contribution is -2.41. The van der Waals surface area contributed by atoms with Crippen molar-refractivity contribution in [2.24, 2.45) is 10.7 Å². The topological polar surface area (TPSA) is 50.4 Å². The summed E-state index contributed by atoms with van der Waals surface area (Å²) in [4.78, 5) is 4.37. The Morgan fingerprint density at radius 3 is 2.59 bits per heavy atom. The standard InChI is InChI=1S/C14H21N3/c15-14(17-13-9-5-2-6-10-13)16-11-12-7-3-1-4-8-12/h1,3-4,7-8,13H,2,5-6,9-11H2,(H3,15,16,17). The minimum atomic E-state index is 0.531. The lowest BCUT2D eigenvalue weighted by molar-refractivity contribution is 0.412. The van der Waals surface area contributed by atoms with Crippen LogP contribution in [-0.2, 0) is 6.54 Å². The van der Waals surface area contributed by atoms with Crippen molar-refractivity contribution in [1.29, 1.82) is 0 Å². The summed E-state index contributed by atoms with van der Waals surface area (Å²) in [5, 5.41) is 3.32. The molecule has 0 unspecified atom stereocenters. The molecule has 1 aromatic rings. The van der Waals surface area contributed by atoms with Crippen molar-refractivity contribution in [3.8, 4) is 0 Å². The van der Waals surface area contributed by atoms with Gasteiger partial charge >= 0.3 is 0 Å². The average Bonchev–Trinajstić information content (AvgIpc) is 2.39. The van der Waals surface area contributed by atoms with Crippen LogP contribution in [0.1, 0.15) is 37.7 Å². The molecule has 3 heteroatoms. The van der Waals surface area contributed by atoms with Gasteiger partial charge in [0.15, 0.2) is 5.96 Å². The Morgan fingerprint density at radius 1 is 1.18 bits per heavy atom. The van der Waals surface area contributed by atoms with E-state index in [1.165, 1.54) is 37.7 Å². The maximum Gasteiger partial charge on any atom is 0.189 e. The molecule has 0 bridgehead atoms. The second-order valence-electron chi connectivity index (χ2n) is 4.67. The molecular formula is C14H21N3. The molecule has 3 nitrogen and oxygen atoms in total. The van der Waals surface area contributed by atoms with E-state index in [4.69, 9.17) is 5.73 Å². The molecule has 0 aromatic heterocycles. The molecule has 0 atom stereocenters. The highest BCUT2D eigenvalue weighted by Crippen LogP contribution is 2.17. The summed E-state index contributed by atoms with van der Waals surface area (Å²) in [5.74, 6) is 0.584. The third-order valence-electron chi connectivity index (χ3n) is 3.23. The Balaban J connectivity index is 1.80. The summed E-state index contributed by atoms with van der Waals surface area (Å²) in [6, 6.07) is 10.7. The van der Waals surface area contributed by atoms with Crippen molar-refractivity contribution < 1.29 is 0 Å². The van der Waals surface area contributed by atoms with Gasteiger partial charge in [0.1, 0.15) is 0 Å². The fraction of sp³-hybridized carbons (Fsp3) is 0.500. The summed E-state index contributed by atoms with van der Waals surface area (Å²) in [6.07, 6.45) is 6.43. The van der Waals surface area contributed by atoms with E-state index in [1.807, 2.05) is 18.2 Å². The number of nitrogens with zero attached hydrogens (tertiary/aromatic N) is 1. The molecule has 3 N–H and O–H groups in total. The first kappa shape index (κ1) is 12.0. The SMILES string of the molecule is NC(=NCc1ccccc1)NC1CCCCC1. The molecule has 2 rings (SSSR count). The number of hydrogen-bond acceptors (Lipinski definition) is 1. The molecule has 1 fully saturated rings. The van der Waals surface area contributed by atoms with Gasteiger partial charge in [-0.25, -0.2) is 4.99 Å². The molecule has 0 spiro atoms. The number of nitrogens with one attached hydrogen (secondary N) is 1. The largest absolute Gasteiger partial charge is 0.370 e. The van der Waals surface area contributed by atoms with Gasteiger partial charge in [-0.2, -0.15) is 0 Å². The van der Waals surface area contributed by atoms with Crippen molar-refractivity contribution in [2.75, 3.05) is 0 Å². The molecule has 1 aliphatic carbocycles. The Morgan fingerprint density at radius 2 is 1.88 bits per heavy atom. The predicted octanol–water partition coefficient (Wildman–Crippen LogP) is 2.42. The van der Waals surface area contributed by atoms with Crippen LogP contribution in [-0.4, -0.2) is 12.0 Å². The Bertz CT molecular complexity index is 353. The van der Waals surface area contributed by atoms with Crippen LogP contribution in [0.3, 0.4) is 0 Å². The van der Waals surface area contributed by atoms with Crippen molar-refractivity contribution >= 4 is 5.96 Å².